The number of nitrogens with one attached hydrogen (secondary N) is 1. The standard InChI is InChI=1S/C17H34N2/c1-5-11-18-16-15(9-10-17(16,3)4)13-19(6-2)12-14-7-8-14/h14-16,18H,5-13H2,1-4H3. The molecule has 0 bridgehead atoms. The number of rotatable bonds is 8. The first-order valence-corrected chi connectivity index (χ1v) is 8.52. The summed E-state index contributed by atoms with van der Waals surface area (Å²) in [6.45, 7) is 14.6. The van der Waals surface area contributed by atoms with Gasteiger partial charge in [-0.3, -0.25) is 0 Å². The summed E-state index contributed by atoms with van der Waals surface area (Å²) in [4.78, 5) is 2.71. The smallest absolute Gasteiger partial charge is 0.0159 e. The molecule has 0 amide bonds. The van der Waals surface area contributed by atoms with Crippen LogP contribution in [0.25, 0.3) is 0 Å². The molecule has 2 rings (SSSR count). The number of hydrogen-bond acceptors (Lipinski definition) is 2. The highest BCUT2D eigenvalue weighted by molar-refractivity contribution is 4.97. The van der Waals surface area contributed by atoms with Gasteiger partial charge in [0.1, 0.15) is 0 Å². The zero-order chi connectivity index (χ0) is 13.9. The average Bonchev–Trinajstić information content (AvgIpc) is 3.13. The summed E-state index contributed by atoms with van der Waals surface area (Å²) < 4.78 is 0. The van der Waals surface area contributed by atoms with Crippen LogP contribution in [-0.2, 0) is 0 Å². The van der Waals surface area contributed by atoms with Crippen molar-refractivity contribution in [1.29, 1.82) is 0 Å². The Morgan fingerprint density at radius 3 is 2.42 bits per heavy atom. The molecular weight excluding hydrogens is 232 g/mol. The Labute approximate surface area is 120 Å². The molecule has 2 fully saturated rings. The van der Waals surface area contributed by atoms with Crippen molar-refractivity contribution in [3.05, 3.63) is 0 Å². The molecule has 2 saturated carbocycles. The summed E-state index contributed by atoms with van der Waals surface area (Å²) in [7, 11) is 0. The second kappa shape index (κ2) is 6.58. The third-order valence-corrected chi connectivity index (χ3v) is 5.24. The predicted molar refractivity (Wildman–Crippen MR) is 83.4 cm³/mol. The fourth-order valence-corrected chi connectivity index (χ4v) is 3.79. The molecule has 112 valence electrons. The van der Waals surface area contributed by atoms with Crippen molar-refractivity contribution in [3.63, 3.8) is 0 Å². The lowest BCUT2D eigenvalue weighted by atomic mass is 9.84. The minimum Gasteiger partial charge on any atom is -0.313 e. The Bertz CT molecular complexity index is 270. The first-order valence-electron chi connectivity index (χ1n) is 8.52. The van der Waals surface area contributed by atoms with E-state index in [0.29, 0.717) is 5.41 Å². The van der Waals surface area contributed by atoms with Gasteiger partial charge < -0.3 is 10.2 Å². The van der Waals surface area contributed by atoms with Crippen LogP contribution in [0.4, 0.5) is 0 Å². The molecule has 2 aliphatic carbocycles. The van der Waals surface area contributed by atoms with E-state index in [1.807, 2.05) is 0 Å². The fourth-order valence-electron chi connectivity index (χ4n) is 3.79. The zero-order valence-corrected chi connectivity index (χ0v) is 13.5. The van der Waals surface area contributed by atoms with E-state index in [1.54, 1.807) is 0 Å². The van der Waals surface area contributed by atoms with E-state index in [0.717, 1.165) is 17.9 Å². The summed E-state index contributed by atoms with van der Waals surface area (Å²) in [6.07, 6.45) is 7.00. The summed E-state index contributed by atoms with van der Waals surface area (Å²) in [5, 5.41) is 3.84. The number of nitrogens with zero attached hydrogens (tertiary/aromatic N) is 1. The van der Waals surface area contributed by atoms with Gasteiger partial charge in [-0.25, -0.2) is 0 Å². The molecule has 0 radical (unpaired) electrons. The monoisotopic (exact) mass is 266 g/mol. The first-order chi connectivity index (χ1) is 9.06. The van der Waals surface area contributed by atoms with Gasteiger partial charge >= 0.3 is 0 Å². The maximum absolute atomic E-state index is 3.84. The molecule has 2 aliphatic rings. The molecule has 0 aromatic carbocycles. The lowest BCUT2D eigenvalue weighted by molar-refractivity contribution is 0.184. The van der Waals surface area contributed by atoms with Gasteiger partial charge in [0.05, 0.1) is 0 Å². The predicted octanol–water partition coefficient (Wildman–Crippen LogP) is 3.52. The van der Waals surface area contributed by atoms with E-state index in [9.17, 15) is 0 Å². The summed E-state index contributed by atoms with van der Waals surface area (Å²) in [5.41, 5.74) is 0.485. The minimum absolute atomic E-state index is 0.485. The molecule has 2 unspecified atom stereocenters. The van der Waals surface area contributed by atoms with Gasteiger partial charge in [0.25, 0.3) is 0 Å². The van der Waals surface area contributed by atoms with Crippen LogP contribution in [0.2, 0.25) is 0 Å². The van der Waals surface area contributed by atoms with Crippen molar-refractivity contribution < 1.29 is 0 Å². The van der Waals surface area contributed by atoms with E-state index < -0.39 is 0 Å². The van der Waals surface area contributed by atoms with Crippen molar-refractivity contribution >= 4 is 0 Å². The molecule has 0 aromatic rings. The maximum Gasteiger partial charge on any atom is 0.0159 e. The van der Waals surface area contributed by atoms with Crippen LogP contribution in [0.1, 0.15) is 59.8 Å². The molecule has 2 atom stereocenters. The van der Waals surface area contributed by atoms with Crippen molar-refractivity contribution in [2.75, 3.05) is 26.2 Å². The molecule has 0 aromatic heterocycles. The molecule has 0 aliphatic heterocycles. The Kier molecular flexibility index (Phi) is 5.30. The van der Waals surface area contributed by atoms with Crippen LogP contribution < -0.4 is 5.32 Å². The average molecular weight is 266 g/mol. The second-order valence-electron chi connectivity index (χ2n) is 7.51. The highest BCUT2D eigenvalue weighted by Gasteiger charge is 2.42. The van der Waals surface area contributed by atoms with Gasteiger partial charge in [0.2, 0.25) is 0 Å². The fraction of sp³-hybridized carbons (Fsp3) is 1.00. The zero-order valence-electron chi connectivity index (χ0n) is 13.5. The van der Waals surface area contributed by atoms with E-state index in [4.69, 9.17) is 0 Å². The molecule has 2 nitrogen and oxygen atoms in total. The molecule has 2 heteroatoms. The van der Waals surface area contributed by atoms with E-state index in [2.05, 4.69) is 37.9 Å². The topological polar surface area (TPSA) is 15.3 Å². The minimum atomic E-state index is 0.485. The van der Waals surface area contributed by atoms with Gasteiger partial charge in [-0.15, -0.1) is 0 Å². The Morgan fingerprint density at radius 1 is 1.11 bits per heavy atom. The lowest BCUT2D eigenvalue weighted by Gasteiger charge is -2.34. The van der Waals surface area contributed by atoms with Crippen LogP contribution in [0.15, 0.2) is 0 Å². The van der Waals surface area contributed by atoms with Gasteiger partial charge in [0.15, 0.2) is 0 Å². The Hall–Kier alpha value is -0.0800. The van der Waals surface area contributed by atoms with Crippen molar-refractivity contribution in [3.8, 4) is 0 Å². The van der Waals surface area contributed by atoms with Gasteiger partial charge in [0, 0.05) is 19.1 Å². The largest absolute Gasteiger partial charge is 0.313 e. The van der Waals surface area contributed by atoms with Gasteiger partial charge in [-0.05, 0) is 62.4 Å². The van der Waals surface area contributed by atoms with Crippen molar-refractivity contribution in [2.45, 2.75) is 65.8 Å². The van der Waals surface area contributed by atoms with Crippen LogP contribution in [-0.4, -0.2) is 37.1 Å². The highest BCUT2D eigenvalue weighted by atomic mass is 15.1. The maximum atomic E-state index is 3.84. The summed E-state index contributed by atoms with van der Waals surface area (Å²) >= 11 is 0. The second-order valence-corrected chi connectivity index (χ2v) is 7.51. The molecular formula is C17H34N2. The van der Waals surface area contributed by atoms with Crippen LogP contribution >= 0.6 is 0 Å². The molecule has 0 spiro atoms. The Balaban J connectivity index is 1.88. The summed E-state index contributed by atoms with van der Waals surface area (Å²) in [5.74, 6) is 1.89. The van der Waals surface area contributed by atoms with Crippen molar-refractivity contribution in [2.24, 2.45) is 17.3 Å². The molecule has 0 saturated heterocycles. The van der Waals surface area contributed by atoms with Crippen LogP contribution in [0.5, 0.6) is 0 Å². The van der Waals surface area contributed by atoms with Crippen LogP contribution in [0.3, 0.4) is 0 Å². The van der Waals surface area contributed by atoms with Crippen LogP contribution in [0, 0.1) is 17.3 Å². The van der Waals surface area contributed by atoms with Gasteiger partial charge in [-0.1, -0.05) is 27.7 Å². The van der Waals surface area contributed by atoms with E-state index >= 15 is 0 Å². The molecule has 0 heterocycles. The first kappa shape index (κ1) is 15.3. The number of hydrogen-bond donors (Lipinski definition) is 1. The Morgan fingerprint density at radius 2 is 1.84 bits per heavy atom. The van der Waals surface area contributed by atoms with E-state index in [1.165, 1.54) is 58.3 Å². The lowest BCUT2D eigenvalue weighted by Crippen LogP contribution is -2.46. The third-order valence-electron chi connectivity index (χ3n) is 5.24. The quantitative estimate of drug-likeness (QED) is 0.723. The summed E-state index contributed by atoms with van der Waals surface area (Å²) in [6, 6.07) is 0.723. The van der Waals surface area contributed by atoms with Gasteiger partial charge in [-0.2, -0.15) is 0 Å². The van der Waals surface area contributed by atoms with E-state index in [-0.39, 0.29) is 0 Å². The normalized spacial score (nSPS) is 30.2. The third kappa shape index (κ3) is 4.19. The van der Waals surface area contributed by atoms with Crippen molar-refractivity contribution in [1.82, 2.24) is 10.2 Å². The molecule has 19 heavy (non-hydrogen) atoms. The molecule has 1 N–H and O–H groups in total. The SMILES string of the molecule is CCCNC1C(CN(CC)CC2CC2)CCC1(C)C. The highest BCUT2D eigenvalue weighted by Crippen LogP contribution is 2.42.